The molecule has 12 heteroatoms. The Labute approximate surface area is 195 Å². The van der Waals surface area contributed by atoms with E-state index in [-0.39, 0.29) is 11.7 Å². The monoisotopic (exact) mass is 483 g/mol. The number of halogens is 3. The second-order valence-corrected chi connectivity index (χ2v) is 8.75. The van der Waals surface area contributed by atoms with Crippen molar-refractivity contribution >= 4 is 12.2 Å². The lowest BCUT2D eigenvalue weighted by Gasteiger charge is -2.33. The first kappa shape index (κ1) is 25.5. The number of carbonyl (C=O) groups excluding carboxylic acids is 1. The summed E-state index contributed by atoms with van der Waals surface area (Å²) >= 11 is 0. The maximum absolute atomic E-state index is 13.3. The zero-order chi connectivity index (χ0) is 24.9. The molecule has 1 saturated heterocycles. The van der Waals surface area contributed by atoms with E-state index in [2.05, 4.69) is 25.0 Å². The number of pyridine rings is 1. The van der Waals surface area contributed by atoms with Crippen LogP contribution in [0.3, 0.4) is 0 Å². The molecule has 0 bridgehead atoms. The molecule has 186 valence electrons. The molecule has 4 rings (SSSR count). The number of hydrogen-bond donors (Lipinski definition) is 1. The maximum atomic E-state index is 13.3. The van der Waals surface area contributed by atoms with Crippen molar-refractivity contribution in [1.29, 1.82) is 0 Å². The zero-order valence-electron chi connectivity index (χ0n) is 19.5. The number of hydrogen-bond acceptors (Lipinski definition) is 9. The van der Waals surface area contributed by atoms with Gasteiger partial charge in [-0.05, 0) is 26.8 Å². The van der Waals surface area contributed by atoms with Gasteiger partial charge in [-0.2, -0.15) is 13.2 Å². The molecule has 2 aliphatic rings. The third kappa shape index (κ3) is 6.46. The number of ether oxygens (including phenoxy) is 3. The molecule has 1 N–H and O–H groups in total. The summed E-state index contributed by atoms with van der Waals surface area (Å²) in [5.74, 6) is 0.0576. The summed E-state index contributed by atoms with van der Waals surface area (Å²) in [6.07, 6.45) is -1.05. The quantitative estimate of drug-likeness (QED) is 0.644. The molecule has 0 amide bonds. The Morgan fingerprint density at radius 2 is 1.88 bits per heavy atom. The molecule has 0 unspecified atom stereocenters. The van der Waals surface area contributed by atoms with Crippen molar-refractivity contribution < 1.29 is 32.2 Å². The first-order chi connectivity index (χ1) is 16.0. The number of rotatable bonds is 5. The Morgan fingerprint density at radius 3 is 2.41 bits per heavy atom. The van der Waals surface area contributed by atoms with Crippen LogP contribution in [-0.4, -0.2) is 59.9 Å². The molecule has 0 saturated carbocycles. The molecule has 1 fully saturated rings. The lowest BCUT2D eigenvalue weighted by Crippen LogP contribution is -2.50. The van der Waals surface area contributed by atoms with Crippen molar-refractivity contribution in [2.24, 2.45) is 0 Å². The van der Waals surface area contributed by atoms with Crippen molar-refractivity contribution in [3.05, 3.63) is 35.4 Å². The molecule has 0 aromatic carbocycles. The minimum atomic E-state index is -4.54. The second-order valence-electron chi connectivity index (χ2n) is 8.75. The highest BCUT2D eigenvalue weighted by molar-refractivity contribution is 5.53. The van der Waals surface area contributed by atoms with Crippen LogP contribution in [0.15, 0.2) is 18.6 Å². The van der Waals surface area contributed by atoms with Crippen LogP contribution in [0.25, 0.3) is 0 Å². The van der Waals surface area contributed by atoms with Crippen LogP contribution in [0.4, 0.5) is 18.9 Å². The van der Waals surface area contributed by atoms with Crippen molar-refractivity contribution in [2.75, 3.05) is 31.6 Å². The highest BCUT2D eigenvalue weighted by atomic mass is 19.4. The van der Waals surface area contributed by atoms with Gasteiger partial charge < -0.3 is 24.4 Å². The molecule has 0 aliphatic carbocycles. The molecule has 2 aromatic rings. The number of anilines is 1. The molecular weight excluding hydrogens is 455 g/mol. The Kier molecular flexibility index (Phi) is 7.80. The summed E-state index contributed by atoms with van der Waals surface area (Å²) in [6.45, 7) is 8.31. The third-order valence-corrected chi connectivity index (χ3v) is 5.09. The van der Waals surface area contributed by atoms with Crippen LogP contribution in [-0.2, 0) is 28.7 Å². The number of methoxy groups -OCH3 is 1. The Morgan fingerprint density at radius 1 is 1.15 bits per heavy atom. The van der Waals surface area contributed by atoms with Crippen LogP contribution in [0.2, 0.25) is 0 Å². The van der Waals surface area contributed by atoms with Crippen LogP contribution in [0.1, 0.15) is 37.6 Å². The Hall–Kier alpha value is -3.15. The second kappa shape index (κ2) is 10.4. The van der Waals surface area contributed by atoms with E-state index >= 15 is 0 Å². The van der Waals surface area contributed by atoms with E-state index in [0.29, 0.717) is 37.5 Å². The van der Waals surface area contributed by atoms with Gasteiger partial charge in [0.1, 0.15) is 23.6 Å². The molecule has 0 radical (unpaired) electrons. The van der Waals surface area contributed by atoms with Gasteiger partial charge >= 0.3 is 6.18 Å². The van der Waals surface area contributed by atoms with Crippen LogP contribution >= 0.6 is 0 Å². The molecule has 4 heterocycles. The van der Waals surface area contributed by atoms with E-state index in [1.165, 1.54) is 19.6 Å². The van der Waals surface area contributed by atoms with Gasteiger partial charge in [-0.25, -0.2) is 15.0 Å². The zero-order valence-corrected chi connectivity index (χ0v) is 19.5. The first-order valence-corrected chi connectivity index (χ1v) is 10.7. The van der Waals surface area contributed by atoms with E-state index < -0.39 is 17.6 Å². The highest BCUT2D eigenvalue weighted by Gasteiger charge is 2.36. The SMILES string of the molecule is CC(C)(C)OC=O.COc1ncc(N2CCc3ncnc(OC4CNC4)c3C2)cc1C(F)(F)F. The molecular formula is C22H28F3N5O4. The number of alkyl halides is 3. The lowest BCUT2D eigenvalue weighted by atomic mass is 10.1. The van der Waals surface area contributed by atoms with Crippen molar-refractivity contribution in [1.82, 2.24) is 20.3 Å². The van der Waals surface area contributed by atoms with E-state index in [9.17, 15) is 18.0 Å². The summed E-state index contributed by atoms with van der Waals surface area (Å²) in [5, 5.41) is 3.12. The molecule has 34 heavy (non-hydrogen) atoms. The van der Waals surface area contributed by atoms with E-state index in [1.807, 2.05) is 25.7 Å². The summed E-state index contributed by atoms with van der Waals surface area (Å²) in [7, 11) is 1.17. The third-order valence-electron chi connectivity index (χ3n) is 5.09. The largest absolute Gasteiger partial charge is 0.481 e. The van der Waals surface area contributed by atoms with Gasteiger partial charge in [0.25, 0.3) is 6.47 Å². The molecule has 2 aliphatic heterocycles. The fraction of sp³-hybridized carbons (Fsp3) is 0.545. The van der Waals surface area contributed by atoms with Gasteiger partial charge in [-0.3, -0.25) is 4.79 Å². The van der Waals surface area contributed by atoms with Gasteiger partial charge in [-0.15, -0.1) is 0 Å². The number of nitrogens with zero attached hydrogens (tertiary/aromatic N) is 4. The van der Waals surface area contributed by atoms with E-state index in [1.54, 1.807) is 0 Å². The Balaban J connectivity index is 0.000000406. The minimum absolute atomic E-state index is 0.0545. The molecule has 2 aromatic heterocycles. The van der Waals surface area contributed by atoms with Gasteiger partial charge in [0, 0.05) is 26.1 Å². The van der Waals surface area contributed by atoms with Crippen molar-refractivity contribution in [2.45, 2.75) is 51.6 Å². The van der Waals surface area contributed by atoms with Crippen LogP contribution in [0.5, 0.6) is 11.8 Å². The van der Waals surface area contributed by atoms with Gasteiger partial charge in [0.2, 0.25) is 11.8 Å². The van der Waals surface area contributed by atoms with Crippen LogP contribution < -0.4 is 19.7 Å². The maximum Gasteiger partial charge on any atom is 0.421 e. The number of aromatic nitrogens is 3. The highest BCUT2D eigenvalue weighted by Crippen LogP contribution is 2.38. The number of carbonyl (C=O) groups is 1. The van der Waals surface area contributed by atoms with Gasteiger partial charge in [0.15, 0.2) is 0 Å². The standard InChI is InChI=1S/C17H18F3N5O2.C5H10O2/c1-26-16-13(17(18,19)20)4-10(5-22-16)25-3-2-14-12(8-25)15(24-9-23-14)27-11-6-21-7-11;1-5(2,3)7-4-6/h4-5,9,11,21H,2-3,6-8H2,1H3;4H,1-3H3. The summed E-state index contributed by atoms with van der Waals surface area (Å²) < 4.78 is 55.1. The smallest absolute Gasteiger partial charge is 0.421 e. The minimum Gasteiger partial charge on any atom is -0.481 e. The van der Waals surface area contributed by atoms with E-state index in [0.717, 1.165) is 30.4 Å². The summed E-state index contributed by atoms with van der Waals surface area (Å²) in [4.78, 5) is 23.8. The van der Waals surface area contributed by atoms with E-state index in [4.69, 9.17) is 9.47 Å². The fourth-order valence-corrected chi connectivity index (χ4v) is 3.26. The van der Waals surface area contributed by atoms with Gasteiger partial charge in [-0.1, -0.05) is 0 Å². The molecule has 0 spiro atoms. The topological polar surface area (TPSA) is 98.7 Å². The molecule has 9 nitrogen and oxygen atoms in total. The number of fused-ring (bicyclic) bond motifs is 1. The average molecular weight is 483 g/mol. The predicted octanol–water partition coefficient (Wildman–Crippen LogP) is 2.77. The lowest BCUT2D eigenvalue weighted by molar-refractivity contribution is -0.139. The first-order valence-electron chi connectivity index (χ1n) is 10.7. The average Bonchev–Trinajstić information content (AvgIpc) is 2.74. The normalized spacial score (nSPS) is 15.9. The van der Waals surface area contributed by atoms with Gasteiger partial charge in [0.05, 0.1) is 36.8 Å². The Bertz CT molecular complexity index is 993. The van der Waals surface area contributed by atoms with Crippen LogP contribution in [0, 0.1) is 0 Å². The fourth-order valence-electron chi connectivity index (χ4n) is 3.26. The summed E-state index contributed by atoms with van der Waals surface area (Å²) in [5.41, 5.74) is 0.825. The predicted molar refractivity (Wildman–Crippen MR) is 117 cm³/mol. The number of nitrogens with one attached hydrogen (secondary N) is 1. The summed E-state index contributed by atoms with van der Waals surface area (Å²) in [6, 6.07) is 1.07. The van der Waals surface area contributed by atoms with Crippen molar-refractivity contribution in [3.63, 3.8) is 0 Å². The molecule has 0 atom stereocenters. The van der Waals surface area contributed by atoms with Crippen molar-refractivity contribution in [3.8, 4) is 11.8 Å².